The van der Waals surface area contributed by atoms with Crippen LogP contribution in [0, 0.1) is 6.92 Å². The van der Waals surface area contributed by atoms with Crippen LogP contribution in [0.3, 0.4) is 0 Å². The summed E-state index contributed by atoms with van der Waals surface area (Å²) in [4.78, 5) is 9.86. The summed E-state index contributed by atoms with van der Waals surface area (Å²) in [5, 5.41) is 2.60. The standard InChI is InChI=1S/C18H16ClF3N6O2S/c1-10-2-5-12(6-3-10)31(29,30)28-27-17-15(23)16(24-9-25-17)26-14-8-11(18(20,21)22)4-7-13(14)19/h2-9,28H,23H2,1H3,(H2,24,25,26,27). The lowest BCUT2D eigenvalue weighted by atomic mass is 10.2. The summed E-state index contributed by atoms with van der Waals surface area (Å²) >= 11 is 5.97. The Morgan fingerprint density at radius 1 is 1.03 bits per heavy atom. The molecule has 0 amide bonds. The predicted octanol–water partition coefficient (Wildman–Crippen LogP) is 4.09. The summed E-state index contributed by atoms with van der Waals surface area (Å²) < 4.78 is 63.6. The molecule has 3 rings (SSSR count). The summed E-state index contributed by atoms with van der Waals surface area (Å²) in [6, 6.07) is 8.83. The van der Waals surface area contributed by atoms with E-state index in [9.17, 15) is 21.6 Å². The van der Waals surface area contributed by atoms with Gasteiger partial charge in [-0.1, -0.05) is 29.3 Å². The maximum Gasteiger partial charge on any atom is 0.416 e. The van der Waals surface area contributed by atoms with E-state index in [4.69, 9.17) is 17.3 Å². The van der Waals surface area contributed by atoms with E-state index < -0.39 is 21.8 Å². The van der Waals surface area contributed by atoms with E-state index in [2.05, 4.69) is 25.5 Å². The zero-order valence-electron chi connectivity index (χ0n) is 15.8. The van der Waals surface area contributed by atoms with Crippen molar-refractivity contribution in [2.75, 3.05) is 16.5 Å². The molecule has 1 heterocycles. The van der Waals surface area contributed by atoms with Crippen LogP contribution in [-0.2, 0) is 16.2 Å². The number of nitrogens with two attached hydrogens (primary N) is 1. The van der Waals surface area contributed by atoms with Crippen LogP contribution in [0.15, 0.2) is 53.7 Å². The Bertz CT molecular complexity index is 1200. The number of hydrogen-bond acceptors (Lipinski definition) is 7. The topological polar surface area (TPSA) is 122 Å². The molecule has 0 aliphatic rings. The Balaban J connectivity index is 1.82. The van der Waals surface area contributed by atoms with Gasteiger partial charge < -0.3 is 11.1 Å². The highest BCUT2D eigenvalue weighted by molar-refractivity contribution is 7.89. The summed E-state index contributed by atoms with van der Waals surface area (Å²) in [6.45, 7) is 1.81. The molecule has 1 aromatic heterocycles. The Morgan fingerprint density at radius 2 is 1.68 bits per heavy atom. The molecule has 0 radical (unpaired) electrons. The molecule has 3 aromatic rings. The second kappa shape index (κ2) is 8.57. The van der Waals surface area contributed by atoms with Crippen molar-refractivity contribution in [2.45, 2.75) is 18.0 Å². The van der Waals surface area contributed by atoms with Crippen molar-refractivity contribution in [1.82, 2.24) is 14.8 Å². The molecule has 0 aliphatic heterocycles. The Kier molecular flexibility index (Phi) is 6.25. The van der Waals surface area contributed by atoms with E-state index in [0.717, 1.165) is 30.1 Å². The number of aryl methyl sites for hydroxylation is 1. The van der Waals surface area contributed by atoms with E-state index in [1.807, 2.05) is 6.92 Å². The van der Waals surface area contributed by atoms with Gasteiger partial charge in [-0.2, -0.15) is 13.2 Å². The maximum atomic E-state index is 13.0. The molecule has 2 aromatic carbocycles. The number of hydrazine groups is 1. The van der Waals surface area contributed by atoms with Gasteiger partial charge in [0.1, 0.15) is 12.0 Å². The SMILES string of the molecule is Cc1ccc(S(=O)(=O)NNc2ncnc(Nc3cc(C(F)(F)F)ccc3Cl)c2N)cc1. The summed E-state index contributed by atoms with van der Waals surface area (Å²) in [7, 11) is -3.94. The fraction of sp³-hybridized carbons (Fsp3) is 0.111. The van der Waals surface area contributed by atoms with Crippen LogP contribution in [0.5, 0.6) is 0 Å². The second-order valence-corrected chi connectivity index (χ2v) is 8.44. The number of anilines is 4. The number of alkyl halides is 3. The minimum Gasteiger partial charge on any atom is -0.393 e. The highest BCUT2D eigenvalue weighted by atomic mass is 35.5. The van der Waals surface area contributed by atoms with Crippen LogP contribution in [-0.4, -0.2) is 18.4 Å². The first-order valence-electron chi connectivity index (χ1n) is 8.56. The van der Waals surface area contributed by atoms with Gasteiger partial charge >= 0.3 is 6.18 Å². The fourth-order valence-corrected chi connectivity index (χ4v) is 3.42. The van der Waals surface area contributed by atoms with Crippen molar-refractivity contribution in [2.24, 2.45) is 0 Å². The normalized spacial score (nSPS) is 11.9. The minimum absolute atomic E-state index is 0.000551. The average Bonchev–Trinajstić information content (AvgIpc) is 2.69. The quantitative estimate of drug-likeness (QED) is 0.398. The van der Waals surface area contributed by atoms with Crippen LogP contribution in [0.25, 0.3) is 0 Å². The monoisotopic (exact) mass is 472 g/mol. The molecular formula is C18H16ClF3N6O2S. The largest absolute Gasteiger partial charge is 0.416 e. The highest BCUT2D eigenvalue weighted by Crippen LogP contribution is 2.36. The number of halogens is 4. The maximum absolute atomic E-state index is 13.0. The molecule has 31 heavy (non-hydrogen) atoms. The molecule has 13 heteroatoms. The summed E-state index contributed by atoms with van der Waals surface area (Å²) in [5.41, 5.74) is 8.04. The minimum atomic E-state index is -4.57. The van der Waals surface area contributed by atoms with Gasteiger partial charge in [-0.15, -0.1) is 4.83 Å². The van der Waals surface area contributed by atoms with Crippen molar-refractivity contribution in [3.63, 3.8) is 0 Å². The molecule has 164 valence electrons. The van der Waals surface area contributed by atoms with Gasteiger partial charge in [0.15, 0.2) is 11.6 Å². The number of nitrogen functional groups attached to an aromatic ring is 1. The van der Waals surface area contributed by atoms with Gasteiger partial charge in [0.2, 0.25) is 0 Å². The number of nitrogens with one attached hydrogen (secondary N) is 3. The van der Waals surface area contributed by atoms with E-state index >= 15 is 0 Å². The molecule has 5 N–H and O–H groups in total. The third-order valence-electron chi connectivity index (χ3n) is 4.07. The van der Waals surface area contributed by atoms with Gasteiger partial charge in [-0.05, 0) is 37.3 Å². The van der Waals surface area contributed by atoms with Gasteiger partial charge in [0.25, 0.3) is 10.0 Å². The number of sulfonamides is 1. The van der Waals surface area contributed by atoms with Crippen LogP contribution >= 0.6 is 11.6 Å². The smallest absolute Gasteiger partial charge is 0.393 e. The van der Waals surface area contributed by atoms with Crippen molar-refractivity contribution in [3.8, 4) is 0 Å². The fourth-order valence-electron chi connectivity index (χ4n) is 2.41. The van der Waals surface area contributed by atoms with Crippen molar-refractivity contribution < 1.29 is 21.6 Å². The molecule has 0 saturated heterocycles. The van der Waals surface area contributed by atoms with Crippen LogP contribution in [0.4, 0.5) is 36.2 Å². The zero-order valence-corrected chi connectivity index (χ0v) is 17.4. The third kappa shape index (κ3) is 5.34. The van der Waals surface area contributed by atoms with Crippen molar-refractivity contribution >= 4 is 44.6 Å². The Hall–Kier alpha value is -3.09. The van der Waals surface area contributed by atoms with Gasteiger partial charge in [0, 0.05) is 0 Å². The molecule has 0 unspecified atom stereocenters. The Morgan fingerprint density at radius 3 is 2.32 bits per heavy atom. The van der Waals surface area contributed by atoms with Gasteiger partial charge in [0.05, 0.1) is 21.2 Å². The molecular weight excluding hydrogens is 457 g/mol. The lowest BCUT2D eigenvalue weighted by Gasteiger charge is -2.15. The molecule has 8 nitrogen and oxygen atoms in total. The van der Waals surface area contributed by atoms with E-state index in [1.165, 1.54) is 12.1 Å². The third-order valence-corrected chi connectivity index (χ3v) is 5.66. The molecule has 0 fully saturated rings. The predicted molar refractivity (Wildman–Crippen MR) is 111 cm³/mol. The van der Waals surface area contributed by atoms with Gasteiger partial charge in [-0.3, -0.25) is 5.43 Å². The number of rotatable bonds is 6. The first kappa shape index (κ1) is 22.6. The molecule has 0 spiro atoms. The van der Waals surface area contributed by atoms with E-state index in [1.54, 1.807) is 12.1 Å². The summed E-state index contributed by atoms with van der Waals surface area (Å²) in [6.07, 6.45) is -3.53. The number of nitrogens with zero attached hydrogens (tertiary/aromatic N) is 2. The van der Waals surface area contributed by atoms with Crippen molar-refractivity contribution in [1.29, 1.82) is 0 Å². The Labute approximate surface area is 180 Å². The number of aromatic nitrogens is 2. The van der Waals surface area contributed by atoms with Crippen LogP contribution < -0.4 is 21.3 Å². The lowest BCUT2D eigenvalue weighted by molar-refractivity contribution is -0.137. The van der Waals surface area contributed by atoms with Gasteiger partial charge in [-0.25, -0.2) is 18.4 Å². The van der Waals surface area contributed by atoms with Crippen molar-refractivity contribution in [3.05, 3.63) is 64.9 Å². The van der Waals surface area contributed by atoms with Crippen LogP contribution in [0.2, 0.25) is 5.02 Å². The number of hydrogen-bond donors (Lipinski definition) is 4. The first-order valence-corrected chi connectivity index (χ1v) is 10.4. The molecule has 0 aliphatic carbocycles. The molecule has 0 atom stereocenters. The average molecular weight is 473 g/mol. The summed E-state index contributed by atoms with van der Waals surface area (Å²) in [5.74, 6) is -0.190. The molecule has 0 saturated carbocycles. The highest BCUT2D eigenvalue weighted by Gasteiger charge is 2.31. The van der Waals surface area contributed by atoms with E-state index in [-0.39, 0.29) is 32.9 Å². The lowest BCUT2D eigenvalue weighted by Crippen LogP contribution is -2.30. The van der Waals surface area contributed by atoms with Crippen LogP contribution in [0.1, 0.15) is 11.1 Å². The zero-order chi connectivity index (χ0) is 22.8. The molecule has 0 bridgehead atoms. The first-order chi connectivity index (χ1) is 14.5. The second-order valence-electron chi connectivity index (χ2n) is 6.35. The number of benzene rings is 2. The van der Waals surface area contributed by atoms with E-state index in [0.29, 0.717) is 0 Å².